The fourth-order valence-corrected chi connectivity index (χ4v) is 2.65. The van der Waals surface area contributed by atoms with E-state index in [1.165, 1.54) is 6.07 Å². The molecule has 2 rings (SSSR count). The number of carbonyl (C=O) groups excluding carboxylic acids is 1. The number of amides is 1. The van der Waals surface area contributed by atoms with Crippen molar-refractivity contribution in [3.63, 3.8) is 0 Å². The van der Waals surface area contributed by atoms with Crippen LogP contribution in [0.4, 0.5) is 8.78 Å². The molecule has 0 aromatic heterocycles. The van der Waals surface area contributed by atoms with Crippen LogP contribution >= 0.6 is 0 Å². The minimum absolute atomic E-state index is 0.00596. The second-order valence-electron chi connectivity index (χ2n) is 5.22. The minimum atomic E-state index is -0.911. The fraction of sp³-hybridized carbons (Fsp3) is 0.500. The maximum atomic E-state index is 13.4. The number of hydrogen-bond acceptors (Lipinski definition) is 2. The van der Waals surface area contributed by atoms with Crippen LogP contribution in [-0.2, 0) is 4.79 Å². The number of rotatable bonds is 2. The SMILES string of the molecule is CC(C)N1C(=O)CCC(N)C1c1ccc(F)c(F)c1. The number of piperidine rings is 1. The van der Waals surface area contributed by atoms with Gasteiger partial charge in [0, 0.05) is 18.5 Å². The number of nitrogens with zero attached hydrogens (tertiary/aromatic N) is 1. The fourth-order valence-electron chi connectivity index (χ4n) is 2.65. The van der Waals surface area contributed by atoms with E-state index in [0.717, 1.165) is 12.1 Å². The highest BCUT2D eigenvalue weighted by Gasteiger charge is 2.36. The summed E-state index contributed by atoms with van der Waals surface area (Å²) in [6, 6.07) is 3.03. The Morgan fingerprint density at radius 2 is 2.00 bits per heavy atom. The lowest BCUT2D eigenvalue weighted by molar-refractivity contribution is -0.139. The maximum Gasteiger partial charge on any atom is 0.223 e. The Labute approximate surface area is 111 Å². The normalized spacial score (nSPS) is 24.1. The van der Waals surface area contributed by atoms with E-state index in [1.54, 1.807) is 4.90 Å². The van der Waals surface area contributed by atoms with Gasteiger partial charge in [-0.1, -0.05) is 6.07 Å². The van der Waals surface area contributed by atoms with Crippen molar-refractivity contribution in [3.8, 4) is 0 Å². The average molecular weight is 268 g/mol. The molecule has 1 amide bonds. The molecule has 5 heteroatoms. The first-order chi connectivity index (χ1) is 8.91. The number of likely N-dealkylation sites (tertiary alicyclic amines) is 1. The van der Waals surface area contributed by atoms with Crippen molar-refractivity contribution in [3.05, 3.63) is 35.4 Å². The highest BCUT2D eigenvalue weighted by molar-refractivity contribution is 5.78. The molecule has 2 N–H and O–H groups in total. The van der Waals surface area contributed by atoms with E-state index in [1.807, 2.05) is 13.8 Å². The smallest absolute Gasteiger partial charge is 0.223 e. The number of carbonyl (C=O) groups is 1. The Hall–Kier alpha value is -1.49. The molecule has 1 aliphatic heterocycles. The first-order valence-corrected chi connectivity index (χ1v) is 6.43. The van der Waals surface area contributed by atoms with Crippen molar-refractivity contribution in [1.82, 2.24) is 4.90 Å². The van der Waals surface area contributed by atoms with Gasteiger partial charge in [-0.15, -0.1) is 0 Å². The van der Waals surface area contributed by atoms with Crippen LogP contribution < -0.4 is 5.73 Å². The Kier molecular flexibility index (Phi) is 3.85. The lowest BCUT2D eigenvalue weighted by atomic mass is 9.89. The maximum absolute atomic E-state index is 13.4. The van der Waals surface area contributed by atoms with Gasteiger partial charge in [-0.25, -0.2) is 8.78 Å². The van der Waals surface area contributed by atoms with E-state index in [9.17, 15) is 13.6 Å². The Bertz CT molecular complexity index is 490. The van der Waals surface area contributed by atoms with Crippen LogP contribution in [-0.4, -0.2) is 22.9 Å². The van der Waals surface area contributed by atoms with Crippen LogP contribution in [0.1, 0.15) is 38.3 Å². The molecule has 1 fully saturated rings. The number of benzene rings is 1. The quantitative estimate of drug-likeness (QED) is 0.895. The molecular weight excluding hydrogens is 250 g/mol. The van der Waals surface area contributed by atoms with E-state index in [2.05, 4.69) is 0 Å². The van der Waals surface area contributed by atoms with Gasteiger partial charge in [-0.2, -0.15) is 0 Å². The van der Waals surface area contributed by atoms with E-state index < -0.39 is 17.7 Å². The van der Waals surface area contributed by atoms with Crippen LogP contribution in [0.25, 0.3) is 0 Å². The molecule has 19 heavy (non-hydrogen) atoms. The van der Waals surface area contributed by atoms with Gasteiger partial charge in [0.15, 0.2) is 11.6 Å². The first kappa shape index (κ1) is 13.9. The average Bonchev–Trinajstić information content (AvgIpc) is 2.35. The number of halogens is 2. The predicted molar refractivity (Wildman–Crippen MR) is 68.3 cm³/mol. The molecule has 1 aliphatic rings. The van der Waals surface area contributed by atoms with Crippen molar-refractivity contribution >= 4 is 5.91 Å². The summed E-state index contributed by atoms with van der Waals surface area (Å²) in [4.78, 5) is 13.7. The summed E-state index contributed by atoms with van der Waals surface area (Å²) in [7, 11) is 0. The summed E-state index contributed by atoms with van der Waals surface area (Å²) < 4.78 is 26.4. The Morgan fingerprint density at radius 3 is 2.58 bits per heavy atom. The van der Waals surface area contributed by atoms with Gasteiger partial charge in [0.2, 0.25) is 5.91 Å². The van der Waals surface area contributed by atoms with Gasteiger partial charge in [0.1, 0.15) is 0 Å². The molecule has 0 spiro atoms. The summed E-state index contributed by atoms with van der Waals surface area (Å²) in [5.41, 5.74) is 6.63. The summed E-state index contributed by atoms with van der Waals surface area (Å²) in [6.45, 7) is 3.78. The van der Waals surface area contributed by atoms with E-state index in [4.69, 9.17) is 5.73 Å². The van der Waals surface area contributed by atoms with Gasteiger partial charge in [-0.05, 0) is 38.0 Å². The standard InChI is InChI=1S/C14H18F2N2O/c1-8(2)18-13(19)6-5-12(17)14(18)9-3-4-10(15)11(16)7-9/h3-4,7-8,12,14H,5-6,17H2,1-2H3. The van der Waals surface area contributed by atoms with Crippen molar-refractivity contribution in [2.75, 3.05) is 0 Å². The van der Waals surface area contributed by atoms with E-state index in [0.29, 0.717) is 18.4 Å². The minimum Gasteiger partial charge on any atom is -0.332 e. The van der Waals surface area contributed by atoms with Gasteiger partial charge in [-0.3, -0.25) is 4.79 Å². The Balaban J connectivity index is 2.42. The van der Waals surface area contributed by atoms with Crippen LogP contribution in [0, 0.1) is 11.6 Å². The zero-order valence-electron chi connectivity index (χ0n) is 11.1. The third-order valence-electron chi connectivity index (χ3n) is 3.53. The highest BCUT2D eigenvalue weighted by atomic mass is 19.2. The van der Waals surface area contributed by atoms with Crippen molar-refractivity contribution in [1.29, 1.82) is 0 Å². The molecule has 0 saturated carbocycles. The summed E-state index contributed by atoms with van der Waals surface area (Å²) in [5, 5.41) is 0. The second-order valence-corrected chi connectivity index (χ2v) is 5.22. The molecule has 0 aliphatic carbocycles. The zero-order chi connectivity index (χ0) is 14.2. The highest BCUT2D eigenvalue weighted by Crippen LogP contribution is 2.33. The largest absolute Gasteiger partial charge is 0.332 e. The van der Waals surface area contributed by atoms with Gasteiger partial charge in [0.25, 0.3) is 0 Å². The molecule has 1 saturated heterocycles. The van der Waals surface area contributed by atoms with E-state index in [-0.39, 0.29) is 18.0 Å². The van der Waals surface area contributed by atoms with E-state index >= 15 is 0 Å². The molecule has 2 atom stereocenters. The lowest BCUT2D eigenvalue weighted by Gasteiger charge is -2.42. The number of hydrogen-bond donors (Lipinski definition) is 1. The monoisotopic (exact) mass is 268 g/mol. The van der Waals surface area contributed by atoms with Crippen molar-refractivity contribution in [2.45, 2.75) is 44.8 Å². The summed E-state index contributed by atoms with van der Waals surface area (Å²) >= 11 is 0. The third kappa shape index (κ3) is 2.61. The van der Waals surface area contributed by atoms with Gasteiger partial charge in [0.05, 0.1) is 6.04 Å². The van der Waals surface area contributed by atoms with Gasteiger partial charge >= 0.3 is 0 Å². The zero-order valence-corrected chi connectivity index (χ0v) is 11.1. The predicted octanol–water partition coefficient (Wildman–Crippen LogP) is 2.36. The molecule has 1 aromatic rings. The molecule has 104 valence electrons. The van der Waals surface area contributed by atoms with Crippen LogP contribution in [0.15, 0.2) is 18.2 Å². The van der Waals surface area contributed by atoms with Gasteiger partial charge < -0.3 is 10.6 Å². The van der Waals surface area contributed by atoms with Crippen molar-refractivity contribution in [2.24, 2.45) is 5.73 Å². The third-order valence-corrected chi connectivity index (χ3v) is 3.53. The van der Waals surface area contributed by atoms with Crippen LogP contribution in [0.5, 0.6) is 0 Å². The van der Waals surface area contributed by atoms with Crippen LogP contribution in [0.3, 0.4) is 0 Å². The molecule has 1 heterocycles. The van der Waals surface area contributed by atoms with Crippen molar-refractivity contribution < 1.29 is 13.6 Å². The summed E-state index contributed by atoms with van der Waals surface area (Å²) in [6.07, 6.45) is 0.964. The molecule has 2 unspecified atom stereocenters. The molecule has 3 nitrogen and oxygen atoms in total. The first-order valence-electron chi connectivity index (χ1n) is 6.43. The van der Waals surface area contributed by atoms with Crippen LogP contribution in [0.2, 0.25) is 0 Å². The lowest BCUT2D eigenvalue weighted by Crippen LogP contribution is -2.51. The molecule has 1 aromatic carbocycles. The molecule has 0 bridgehead atoms. The Morgan fingerprint density at radius 1 is 1.32 bits per heavy atom. The molecule has 0 radical (unpaired) electrons. The molecular formula is C14H18F2N2O. The second kappa shape index (κ2) is 5.25. The number of nitrogens with two attached hydrogens (primary N) is 1. The summed E-state index contributed by atoms with van der Waals surface area (Å²) in [5.74, 6) is -1.80. The topological polar surface area (TPSA) is 46.3 Å².